The highest BCUT2D eigenvalue weighted by atomic mass is 16.6. The third kappa shape index (κ3) is 0.818. The third-order valence-corrected chi connectivity index (χ3v) is 2.42. The van der Waals surface area contributed by atoms with Gasteiger partial charge in [0.05, 0.1) is 11.8 Å². The van der Waals surface area contributed by atoms with Gasteiger partial charge in [0.1, 0.15) is 6.10 Å². The van der Waals surface area contributed by atoms with Crippen LogP contribution in [0.25, 0.3) is 0 Å². The van der Waals surface area contributed by atoms with Gasteiger partial charge in [-0.15, -0.1) is 0 Å². The zero-order chi connectivity index (χ0) is 8.01. The van der Waals surface area contributed by atoms with Crippen molar-refractivity contribution in [2.45, 2.75) is 18.9 Å². The monoisotopic (exact) mass is 156 g/mol. The molecule has 1 heterocycles. The Balaban J connectivity index is 2.18. The smallest absolute Gasteiger partial charge is 0.310 e. The predicted molar refractivity (Wildman–Crippen MR) is 33.7 cm³/mol. The van der Waals surface area contributed by atoms with Gasteiger partial charge in [0, 0.05) is 0 Å². The topological polar surface area (TPSA) is 63.6 Å². The molecule has 2 fully saturated rings. The SMILES string of the molecule is O=C1OC2C[C@H]1[C@H](C(=O)O)C2. The van der Waals surface area contributed by atoms with Crippen LogP contribution in [-0.2, 0) is 14.3 Å². The average molecular weight is 156 g/mol. The molecule has 1 unspecified atom stereocenters. The number of carboxylic acids is 1. The van der Waals surface area contributed by atoms with Crippen LogP contribution < -0.4 is 0 Å². The molecule has 4 heteroatoms. The van der Waals surface area contributed by atoms with Crippen LogP contribution in [0.5, 0.6) is 0 Å². The molecule has 2 aliphatic rings. The van der Waals surface area contributed by atoms with E-state index in [0.29, 0.717) is 12.8 Å². The van der Waals surface area contributed by atoms with Crippen LogP contribution in [0.1, 0.15) is 12.8 Å². The van der Waals surface area contributed by atoms with Crippen molar-refractivity contribution >= 4 is 11.9 Å². The lowest BCUT2D eigenvalue weighted by molar-refractivity contribution is -0.158. The van der Waals surface area contributed by atoms with Crippen LogP contribution in [0.4, 0.5) is 0 Å². The van der Waals surface area contributed by atoms with E-state index in [4.69, 9.17) is 9.84 Å². The highest BCUT2D eigenvalue weighted by Crippen LogP contribution is 2.40. The molecule has 2 rings (SSSR count). The van der Waals surface area contributed by atoms with Crippen molar-refractivity contribution in [3.05, 3.63) is 0 Å². The first-order chi connectivity index (χ1) is 5.18. The van der Waals surface area contributed by atoms with Gasteiger partial charge in [-0.3, -0.25) is 9.59 Å². The van der Waals surface area contributed by atoms with Crippen LogP contribution in [-0.4, -0.2) is 23.1 Å². The second-order valence-corrected chi connectivity index (χ2v) is 3.08. The quantitative estimate of drug-likeness (QED) is 0.544. The first kappa shape index (κ1) is 6.64. The van der Waals surface area contributed by atoms with E-state index < -0.39 is 11.9 Å². The van der Waals surface area contributed by atoms with Crippen LogP contribution in [0.3, 0.4) is 0 Å². The molecular weight excluding hydrogens is 148 g/mol. The van der Waals surface area contributed by atoms with Crippen molar-refractivity contribution in [1.29, 1.82) is 0 Å². The molecule has 0 spiro atoms. The Bertz CT molecular complexity index is 222. The number of hydrogen-bond donors (Lipinski definition) is 1. The van der Waals surface area contributed by atoms with E-state index in [1.165, 1.54) is 0 Å². The van der Waals surface area contributed by atoms with E-state index in [-0.39, 0.29) is 18.0 Å². The third-order valence-electron chi connectivity index (χ3n) is 2.42. The summed E-state index contributed by atoms with van der Waals surface area (Å²) in [6.45, 7) is 0. The van der Waals surface area contributed by atoms with Crippen molar-refractivity contribution < 1.29 is 19.4 Å². The molecule has 60 valence electrons. The Morgan fingerprint density at radius 3 is 2.64 bits per heavy atom. The maximum Gasteiger partial charge on any atom is 0.310 e. The van der Waals surface area contributed by atoms with Gasteiger partial charge in [-0.25, -0.2) is 0 Å². The van der Waals surface area contributed by atoms with Crippen LogP contribution in [0.2, 0.25) is 0 Å². The van der Waals surface area contributed by atoms with Gasteiger partial charge < -0.3 is 9.84 Å². The highest BCUT2D eigenvalue weighted by molar-refractivity contribution is 5.84. The number of hydrogen-bond acceptors (Lipinski definition) is 3. The molecular formula is C7H8O4. The fourth-order valence-electron chi connectivity index (χ4n) is 1.87. The minimum atomic E-state index is -0.867. The summed E-state index contributed by atoms with van der Waals surface area (Å²) < 4.78 is 4.84. The molecule has 0 radical (unpaired) electrons. The fourth-order valence-corrected chi connectivity index (χ4v) is 1.87. The van der Waals surface area contributed by atoms with Gasteiger partial charge in [-0.1, -0.05) is 0 Å². The summed E-state index contributed by atoms with van der Waals surface area (Å²) in [5.74, 6) is -2.04. The van der Waals surface area contributed by atoms with Crippen LogP contribution in [0.15, 0.2) is 0 Å². The van der Waals surface area contributed by atoms with Crippen LogP contribution in [0, 0.1) is 11.8 Å². The minimum absolute atomic E-state index is 0.117. The predicted octanol–water partition coefficient (Wildman–Crippen LogP) is 0.0226. The van der Waals surface area contributed by atoms with E-state index in [1.54, 1.807) is 0 Å². The Labute approximate surface area is 63.1 Å². The molecule has 0 amide bonds. The number of rotatable bonds is 1. The molecule has 11 heavy (non-hydrogen) atoms. The summed E-state index contributed by atoms with van der Waals surface area (Å²) in [4.78, 5) is 21.4. The van der Waals surface area contributed by atoms with E-state index in [0.717, 1.165) is 0 Å². The first-order valence-electron chi connectivity index (χ1n) is 3.62. The maximum atomic E-state index is 10.9. The van der Waals surface area contributed by atoms with E-state index in [9.17, 15) is 9.59 Å². The number of ether oxygens (including phenoxy) is 1. The summed E-state index contributed by atoms with van der Waals surface area (Å²) in [6.07, 6.45) is 0.996. The van der Waals surface area contributed by atoms with Gasteiger partial charge in [-0.2, -0.15) is 0 Å². The second kappa shape index (κ2) is 1.96. The molecule has 0 aromatic rings. The molecule has 1 aliphatic carbocycles. The Morgan fingerprint density at radius 1 is 1.55 bits per heavy atom. The highest BCUT2D eigenvalue weighted by Gasteiger charge is 2.50. The number of aliphatic carboxylic acids is 1. The van der Waals surface area contributed by atoms with Crippen LogP contribution >= 0.6 is 0 Å². The zero-order valence-electron chi connectivity index (χ0n) is 5.82. The molecule has 0 aromatic carbocycles. The largest absolute Gasteiger partial charge is 0.481 e. The lowest BCUT2D eigenvalue weighted by atomic mass is 9.96. The molecule has 1 saturated carbocycles. The van der Waals surface area contributed by atoms with Crippen molar-refractivity contribution in [1.82, 2.24) is 0 Å². The van der Waals surface area contributed by atoms with Gasteiger partial charge in [-0.05, 0) is 12.8 Å². The Morgan fingerprint density at radius 2 is 2.27 bits per heavy atom. The molecule has 3 atom stereocenters. The van der Waals surface area contributed by atoms with E-state index >= 15 is 0 Å². The summed E-state index contributed by atoms with van der Waals surface area (Å²) >= 11 is 0. The first-order valence-corrected chi connectivity index (χ1v) is 3.62. The molecule has 1 N–H and O–H groups in total. The number of carbonyl (C=O) groups excluding carboxylic acids is 1. The second-order valence-electron chi connectivity index (χ2n) is 3.08. The van der Waals surface area contributed by atoms with Gasteiger partial charge in [0.25, 0.3) is 0 Å². The summed E-state index contributed by atoms with van der Waals surface area (Å²) in [6, 6.07) is 0. The van der Waals surface area contributed by atoms with Gasteiger partial charge in [0.2, 0.25) is 0 Å². The number of fused-ring (bicyclic) bond motifs is 2. The molecule has 4 nitrogen and oxygen atoms in total. The number of carbonyl (C=O) groups is 2. The number of esters is 1. The Kier molecular flexibility index (Phi) is 1.19. The summed E-state index contributed by atoms with van der Waals surface area (Å²) in [5.41, 5.74) is 0. The average Bonchev–Trinajstić information content (AvgIpc) is 2.43. The van der Waals surface area contributed by atoms with Crippen molar-refractivity contribution in [2.24, 2.45) is 11.8 Å². The van der Waals surface area contributed by atoms with Gasteiger partial charge in [0.15, 0.2) is 0 Å². The fraction of sp³-hybridized carbons (Fsp3) is 0.714. The normalized spacial score (nSPS) is 40.7. The van der Waals surface area contributed by atoms with Crippen molar-refractivity contribution in [3.8, 4) is 0 Å². The molecule has 1 aliphatic heterocycles. The standard InChI is InChI=1S/C7H8O4/c8-6(9)4-1-3-2-5(4)7(10)11-3/h3-5H,1-2H2,(H,8,9)/t3?,4-,5+/m1/s1. The molecule has 0 aromatic heterocycles. The number of carboxylic acid groups (broad SMARTS) is 1. The lowest BCUT2D eigenvalue weighted by Crippen LogP contribution is -2.28. The maximum absolute atomic E-state index is 10.9. The van der Waals surface area contributed by atoms with E-state index in [1.807, 2.05) is 0 Å². The van der Waals surface area contributed by atoms with E-state index in [2.05, 4.69) is 0 Å². The molecule has 2 bridgehead atoms. The minimum Gasteiger partial charge on any atom is -0.481 e. The summed E-state index contributed by atoms with van der Waals surface area (Å²) in [7, 11) is 0. The Hall–Kier alpha value is -1.06. The zero-order valence-corrected chi connectivity index (χ0v) is 5.82. The van der Waals surface area contributed by atoms with Crippen molar-refractivity contribution in [2.75, 3.05) is 0 Å². The van der Waals surface area contributed by atoms with Gasteiger partial charge >= 0.3 is 11.9 Å². The summed E-state index contributed by atoms with van der Waals surface area (Å²) in [5, 5.41) is 8.65. The lowest BCUT2D eigenvalue weighted by Gasteiger charge is -2.16. The molecule has 1 saturated heterocycles. The van der Waals surface area contributed by atoms with Crippen molar-refractivity contribution in [3.63, 3.8) is 0 Å².